The first kappa shape index (κ1) is 12.9. The molecule has 0 spiro atoms. The van der Waals surface area contributed by atoms with Crippen LogP contribution in [0, 0.1) is 17.8 Å². The summed E-state index contributed by atoms with van der Waals surface area (Å²) in [6, 6.07) is 0.578. The van der Waals surface area contributed by atoms with Crippen molar-refractivity contribution < 1.29 is 4.79 Å². The zero-order valence-electron chi connectivity index (χ0n) is 11.2. The first-order valence-electron chi connectivity index (χ1n) is 7.18. The van der Waals surface area contributed by atoms with Crippen molar-refractivity contribution in [2.45, 2.75) is 52.0 Å². The molecule has 2 rings (SSSR count). The third-order valence-corrected chi connectivity index (χ3v) is 4.61. The summed E-state index contributed by atoms with van der Waals surface area (Å²) < 4.78 is 0. The second-order valence-electron chi connectivity index (χ2n) is 6.00. The minimum atomic E-state index is 0.197. The van der Waals surface area contributed by atoms with Crippen molar-refractivity contribution >= 4 is 5.91 Å². The lowest BCUT2D eigenvalue weighted by Gasteiger charge is -2.27. The molecule has 1 amide bonds. The Morgan fingerprint density at radius 3 is 2.65 bits per heavy atom. The van der Waals surface area contributed by atoms with E-state index in [0.29, 0.717) is 6.04 Å². The topological polar surface area (TPSA) is 41.1 Å². The van der Waals surface area contributed by atoms with Crippen molar-refractivity contribution in [1.29, 1.82) is 0 Å². The molecule has 1 saturated carbocycles. The van der Waals surface area contributed by atoms with Crippen molar-refractivity contribution in [3.05, 3.63) is 0 Å². The van der Waals surface area contributed by atoms with Gasteiger partial charge in [0.25, 0.3) is 0 Å². The van der Waals surface area contributed by atoms with E-state index in [4.69, 9.17) is 0 Å². The van der Waals surface area contributed by atoms with E-state index in [0.717, 1.165) is 37.8 Å². The molecule has 4 unspecified atom stereocenters. The summed E-state index contributed by atoms with van der Waals surface area (Å²) in [6.07, 6.45) is 6.13. The SMILES string of the molecule is CC1CCC(C(=O)NCC2CCCC2C)CN1. The Morgan fingerprint density at radius 1 is 1.24 bits per heavy atom. The molecule has 4 atom stereocenters. The highest BCUT2D eigenvalue weighted by atomic mass is 16.1. The lowest BCUT2D eigenvalue weighted by Crippen LogP contribution is -2.45. The number of carbonyl (C=O) groups excluding carboxylic acids is 1. The Labute approximate surface area is 105 Å². The van der Waals surface area contributed by atoms with E-state index in [1.165, 1.54) is 19.3 Å². The van der Waals surface area contributed by atoms with Gasteiger partial charge in [0.2, 0.25) is 5.91 Å². The van der Waals surface area contributed by atoms with Crippen LogP contribution in [0.2, 0.25) is 0 Å². The normalized spacial score (nSPS) is 38.0. The Balaban J connectivity index is 1.70. The molecule has 0 aromatic heterocycles. The van der Waals surface area contributed by atoms with Gasteiger partial charge in [-0.25, -0.2) is 0 Å². The molecular formula is C14H26N2O. The molecule has 0 aromatic carbocycles. The molecule has 2 fully saturated rings. The molecule has 2 N–H and O–H groups in total. The lowest BCUT2D eigenvalue weighted by molar-refractivity contribution is -0.125. The average Bonchev–Trinajstić information content (AvgIpc) is 2.73. The monoisotopic (exact) mass is 238 g/mol. The number of rotatable bonds is 3. The highest BCUT2D eigenvalue weighted by molar-refractivity contribution is 5.79. The molecule has 1 saturated heterocycles. The summed E-state index contributed by atoms with van der Waals surface area (Å²) in [6.45, 7) is 6.25. The lowest BCUT2D eigenvalue weighted by atomic mass is 9.94. The molecule has 0 aromatic rings. The van der Waals surface area contributed by atoms with Crippen LogP contribution < -0.4 is 10.6 Å². The Hall–Kier alpha value is -0.570. The zero-order chi connectivity index (χ0) is 12.3. The Kier molecular flexibility index (Phi) is 4.43. The van der Waals surface area contributed by atoms with Crippen LogP contribution in [0.3, 0.4) is 0 Å². The van der Waals surface area contributed by atoms with Gasteiger partial charge in [0.15, 0.2) is 0 Å². The van der Waals surface area contributed by atoms with E-state index in [1.54, 1.807) is 0 Å². The van der Waals surface area contributed by atoms with E-state index in [-0.39, 0.29) is 11.8 Å². The number of hydrogen-bond acceptors (Lipinski definition) is 2. The molecule has 0 bridgehead atoms. The van der Waals surface area contributed by atoms with Gasteiger partial charge in [0, 0.05) is 19.1 Å². The molecule has 17 heavy (non-hydrogen) atoms. The van der Waals surface area contributed by atoms with Gasteiger partial charge < -0.3 is 10.6 Å². The summed E-state index contributed by atoms with van der Waals surface area (Å²) in [5, 5.41) is 6.55. The number of nitrogens with one attached hydrogen (secondary N) is 2. The Morgan fingerprint density at radius 2 is 2.06 bits per heavy atom. The summed E-state index contributed by atoms with van der Waals surface area (Å²) in [4.78, 5) is 12.0. The molecule has 1 aliphatic heterocycles. The maximum atomic E-state index is 12.0. The van der Waals surface area contributed by atoms with Gasteiger partial charge in [0.1, 0.15) is 0 Å². The van der Waals surface area contributed by atoms with Crippen LogP contribution >= 0.6 is 0 Å². The van der Waals surface area contributed by atoms with Crippen LogP contribution in [0.1, 0.15) is 46.0 Å². The van der Waals surface area contributed by atoms with Crippen molar-refractivity contribution in [1.82, 2.24) is 10.6 Å². The fraction of sp³-hybridized carbons (Fsp3) is 0.929. The fourth-order valence-electron chi connectivity index (χ4n) is 3.12. The molecule has 0 radical (unpaired) electrons. The summed E-state index contributed by atoms with van der Waals surface area (Å²) in [5.41, 5.74) is 0. The number of hydrogen-bond donors (Lipinski definition) is 2. The maximum Gasteiger partial charge on any atom is 0.224 e. The van der Waals surface area contributed by atoms with E-state index in [1.807, 2.05) is 0 Å². The highest BCUT2D eigenvalue weighted by Gasteiger charge is 2.27. The third-order valence-electron chi connectivity index (χ3n) is 4.61. The van der Waals surface area contributed by atoms with Gasteiger partial charge in [-0.2, -0.15) is 0 Å². The second kappa shape index (κ2) is 5.85. The first-order chi connectivity index (χ1) is 8.16. The third kappa shape index (κ3) is 3.44. The van der Waals surface area contributed by atoms with Gasteiger partial charge in [-0.3, -0.25) is 4.79 Å². The van der Waals surface area contributed by atoms with Gasteiger partial charge >= 0.3 is 0 Å². The highest BCUT2D eigenvalue weighted by Crippen LogP contribution is 2.30. The average molecular weight is 238 g/mol. The fourth-order valence-corrected chi connectivity index (χ4v) is 3.12. The summed E-state index contributed by atoms with van der Waals surface area (Å²) >= 11 is 0. The van der Waals surface area contributed by atoms with E-state index >= 15 is 0 Å². The predicted octanol–water partition coefficient (Wildman–Crippen LogP) is 1.93. The zero-order valence-corrected chi connectivity index (χ0v) is 11.2. The van der Waals surface area contributed by atoms with Crippen LogP contribution in [0.25, 0.3) is 0 Å². The van der Waals surface area contributed by atoms with E-state index < -0.39 is 0 Å². The van der Waals surface area contributed by atoms with Crippen molar-refractivity contribution in [3.63, 3.8) is 0 Å². The van der Waals surface area contributed by atoms with E-state index in [9.17, 15) is 4.79 Å². The van der Waals surface area contributed by atoms with Crippen molar-refractivity contribution in [2.24, 2.45) is 17.8 Å². The molecule has 3 heteroatoms. The van der Waals surface area contributed by atoms with E-state index in [2.05, 4.69) is 24.5 Å². The minimum absolute atomic E-state index is 0.197. The van der Waals surface area contributed by atoms with Gasteiger partial charge in [-0.05, 0) is 38.0 Å². The molecule has 2 aliphatic rings. The van der Waals surface area contributed by atoms with Crippen LogP contribution in [-0.4, -0.2) is 25.0 Å². The van der Waals surface area contributed by atoms with Crippen molar-refractivity contribution in [2.75, 3.05) is 13.1 Å². The minimum Gasteiger partial charge on any atom is -0.356 e. The van der Waals surface area contributed by atoms with Crippen LogP contribution in [0.5, 0.6) is 0 Å². The number of amides is 1. The molecule has 3 nitrogen and oxygen atoms in total. The molecule has 98 valence electrons. The second-order valence-corrected chi connectivity index (χ2v) is 6.00. The number of piperidine rings is 1. The van der Waals surface area contributed by atoms with Crippen LogP contribution in [-0.2, 0) is 4.79 Å². The van der Waals surface area contributed by atoms with Crippen LogP contribution in [0.4, 0.5) is 0 Å². The standard InChI is InChI=1S/C14H26N2O/c1-10-4-3-5-12(10)8-16-14(17)13-7-6-11(2)15-9-13/h10-13,15H,3-9H2,1-2H3,(H,16,17). The molecular weight excluding hydrogens is 212 g/mol. The summed E-state index contributed by atoms with van der Waals surface area (Å²) in [5.74, 6) is 1.97. The smallest absolute Gasteiger partial charge is 0.224 e. The first-order valence-corrected chi connectivity index (χ1v) is 7.18. The van der Waals surface area contributed by atoms with Gasteiger partial charge in [-0.15, -0.1) is 0 Å². The van der Waals surface area contributed by atoms with Gasteiger partial charge in [-0.1, -0.05) is 19.8 Å². The van der Waals surface area contributed by atoms with Crippen LogP contribution in [0.15, 0.2) is 0 Å². The Bertz CT molecular complexity index is 259. The summed E-state index contributed by atoms with van der Waals surface area (Å²) in [7, 11) is 0. The van der Waals surface area contributed by atoms with Crippen molar-refractivity contribution in [3.8, 4) is 0 Å². The molecule has 1 heterocycles. The van der Waals surface area contributed by atoms with Gasteiger partial charge in [0.05, 0.1) is 5.92 Å². The maximum absolute atomic E-state index is 12.0. The predicted molar refractivity (Wildman–Crippen MR) is 69.7 cm³/mol. The quantitative estimate of drug-likeness (QED) is 0.789. The molecule has 1 aliphatic carbocycles. The number of carbonyl (C=O) groups is 1. The largest absolute Gasteiger partial charge is 0.356 e.